The van der Waals surface area contributed by atoms with E-state index >= 15 is 0 Å². The van der Waals surface area contributed by atoms with Gasteiger partial charge in [-0.1, -0.05) is 0 Å². The van der Waals surface area contributed by atoms with E-state index < -0.39 is 10.2 Å². The van der Waals surface area contributed by atoms with Crippen LogP contribution in [0.3, 0.4) is 0 Å². The Morgan fingerprint density at radius 2 is 0.471 bits per heavy atom. The van der Waals surface area contributed by atoms with E-state index in [9.17, 15) is 0 Å². The fourth-order valence-electron chi connectivity index (χ4n) is 0. The molecule has 0 saturated heterocycles. The van der Waals surface area contributed by atoms with Gasteiger partial charge in [-0.2, -0.15) is 0 Å². The minimum Gasteiger partial charge on any atom is -0.412 e. The summed E-state index contributed by atoms with van der Waals surface area (Å²) in [6, 6.07) is 0. The van der Waals surface area contributed by atoms with Gasteiger partial charge in [0.25, 0.3) is 0 Å². The van der Waals surface area contributed by atoms with Crippen molar-refractivity contribution in [1.29, 1.82) is 0 Å². The second-order valence-electron chi connectivity index (χ2n) is 0.447. The van der Waals surface area contributed by atoms with Crippen molar-refractivity contribution in [3.63, 3.8) is 0 Å². The van der Waals surface area contributed by atoms with Gasteiger partial charge in [0.05, 0.1) is 10.2 Å². The molecule has 0 unspecified atom stereocenters. The third-order valence-electron chi connectivity index (χ3n) is 0. The summed E-state index contributed by atoms with van der Waals surface area (Å²) in [6.07, 6.45) is 0. The first-order valence-corrected chi connectivity index (χ1v) is 1.10. The van der Waals surface area contributed by atoms with Crippen molar-refractivity contribution in [3.05, 3.63) is 30.6 Å². The summed E-state index contributed by atoms with van der Waals surface area (Å²) >= 11 is 0. The molecule has 0 saturated carbocycles. The van der Waals surface area contributed by atoms with Gasteiger partial charge >= 0.3 is 37.7 Å². The van der Waals surface area contributed by atoms with E-state index in [1.54, 1.807) is 0 Å². The van der Waals surface area contributed by atoms with E-state index in [4.69, 9.17) is 30.6 Å². The predicted molar refractivity (Wildman–Crippen MR) is 55.4 cm³/mol. The molecule has 0 fully saturated rings. The SMILES string of the molecule is O.O.O.O.O.O.O.O.O=[N+]([O-])[O-].O=[N+]([O-])[O-].[Ca+2]. The van der Waals surface area contributed by atoms with Gasteiger partial charge in [-0.25, -0.2) is 0 Å². The van der Waals surface area contributed by atoms with Crippen molar-refractivity contribution >= 4 is 37.7 Å². The molecule has 0 spiro atoms. The molecule has 0 radical (unpaired) electrons. The van der Waals surface area contributed by atoms with Crippen LogP contribution in [0.4, 0.5) is 0 Å². The molecule has 0 aromatic carbocycles. The Labute approximate surface area is 122 Å². The summed E-state index contributed by atoms with van der Waals surface area (Å²) in [7, 11) is 0. The van der Waals surface area contributed by atoms with Gasteiger partial charge in [-0.05, 0) is 0 Å². The molecule has 0 amide bonds. The molecule has 17 heavy (non-hydrogen) atoms. The Bertz CT molecular complexity index is 72.2. The predicted octanol–water partition coefficient (Wildman–Crippen LogP) is -7.46. The molecule has 0 aromatic rings. The van der Waals surface area contributed by atoms with E-state index in [1.807, 2.05) is 0 Å². The quantitative estimate of drug-likeness (QED) is 0.237. The fraction of sp³-hybridized carbons (Fsp3) is 0. The number of hydrogen-bond donors (Lipinski definition) is 0. The van der Waals surface area contributed by atoms with Gasteiger partial charge < -0.3 is 74.5 Å². The van der Waals surface area contributed by atoms with E-state index in [2.05, 4.69) is 0 Å². The van der Waals surface area contributed by atoms with Crippen molar-refractivity contribution in [1.82, 2.24) is 0 Å². The maximum Gasteiger partial charge on any atom is 2.00 e. The fourth-order valence-corrected chi connectivity index (χ4v) is 0. The second kappa shape index (κ2) is 111. The third-order valence-corrected chi connectivity index (χ3v) is 0. The monoisotopic (exact) mass is 308 g/mol. The molecule has 0 atom stereocenters. The largest absolute Gasteiger partial charge is 2.00 e. The standard InChI is InChI=1S/Ca.2NO3.8H2O/c;2*2-1(3)4;;;;;;;;/h;;;8*1H2/q+2;2*-1;;;;;;;;. The van der Waals surface area contributed by atoms with Crippen LogP contribution in [0.15, 0.2) is 0 Å². The van der Waals surface area contributed by atoms with E-state index in [0.29, 0.717) is 0 Å². The number of hydrogen-bond acceptors (Lipinski definition) is 6. The smallest absolute Gasteiger partial charge is 0.412 e. The molecule has 16 N–H and O–H groups in total. The minimum absolute atomic E-state index is 0. The van der Waals surface area contributed by atoms with Crippen LogP contribution >= 0.6 is 0 Å². The van der Waals surface area contributed by atoms with Gasteiger partial charge in [-0.3, -0.25) is 0 Å². The summed E-state index contributed by atoms with van der Waals surface area (Å²) in [5, 5.41) is 29.5. The van der Waals surface area contributed by atoms with Gasteiger partial charge in [0.2, 0.25) is 0 Å². The van der Waals surface area contributed by atoms with Crippen LogP contribution in [-0.2, 0) is 0 Å². The Balaban J connectivity index is -0.00000000308. The molecule has 0 aromatic heterocycles. The molecular formula is H16CaN2O14. The van der Waals surface area contributed by atoms with Crippen LogP contribution in [0.25, 0.3) is 0 Å². The molecule has 16 nitrogen and oxygen atoms in total. The molecular weight excluding hydrogens is 292 g/mol. The molecule has 0 aliphatic heterocycles. The molecule has 0 bridgehead atoms. The summed E-state index contributed by atoms with van der Waals surface area (Å²) in [5.74, 6) is 0. The van der Waals surface area contributed by atoms with Crippen molar-refractivity contribution in [2.45, 2.75) is 0 Å². The third kappa shape index (κ3) is 6260. The summed E-state index contributed by atoms with van der Waals surface area (Å²) < 4.78 is 0. The maximum atomic E-state index is 8.25. The van der Waals surface area contributed by atoms with Gasteiger partial charge in [-0.15, -0.1) is 0 Å². The zero-order chi connectivity index (χ0) is 7.15. The molecule has 17 heteroatoms. The first kappa shape index (κ1) is 135. The van der Waals surface area contributed by atoms with Crippen LogP contribution in [0.5, 0.6) is 0 Å². The number of nitrogens with zero attached hydrogens (tertiary/aromatic N) is 2. The van der Waals surface area contributed by atoms with Crippen molar-refractivity contribution in [2.24, 2.45) is 0 Å². The summed E-state index contributed by atoms with van der Waals surface area (Å²) in [5.41, 5.74) is 0. The molecule has 0 rings (SSSR count). The second-order valence-corrected chi connectivity index (χ2v) is 0.447. The first-order valence-electron chi connectivity index (χ1n) is 1.10. The summed E-state index contributed by atoms with van der Waals surface area (Å²) in [4.78, 5) is 16.5. The Morgan fingerprint density at radius 1 is 0.471 bits per heavy atom. The van der Waals surface area contributed by atoms with E-state index in [-0.39, 0.29) is 81.5 Å². The summed E-state index contributed by atoms with van der Waals surface area (Å²) in [6.45, 7) is 0. The van der Waals surface area contributed by atoms with Crippen molar-refractivity contribution < 1.29 is 54.0 Å². The number of rotatable bonds is 0. The van der Waals surface area contributed by atoms with E-state index in [1.165, 1.54) is 0 Å². The molecule has 112 valence electrons. The van der Waals surface area contributed by atoms with Crippen LogP contribution in [-0.4, -0.2) is 91.7 Å². The first-order chi connectivity index (χ1) is 3.46. The molecule has 0 aliphatic rings. The van der Waals surface area contributed by atoms with Crippen LogP contribution in [0.2, 0.25) is 0 Å². The Morgan fingerprint density at radius 3 is 0.471 bits per heavy atom. The zero-order valence-electron chi connectivity index (χ0n) is 8.05. The average molecular weight is 308 g/mol. The average Bonchev–Trinajstić information content (AvgIpc) is 1.25. The molecule has 0 heterocycles. The molecule has 0 aliphatic carbocycles. The Kier molecular flexibility index (Phi) is 878. The van der Waals surface area contributed by atoms with Crippen LogP contribution in [0, 0.1) is 30.6 Å². The van der Waals surface area contributed by atoms with Gasteiger partial charge in [0.15, 0.2) is 0 Å². The van der Waals surface area contributed by atoms with Crippen molar-refractivity contribution in [3.8, 4) is 0 Å². The van der Waals surface area contributed by atoms with Crippen molar-refractivity contribution in [2.75, 3.05) is 0 Å². The van der Waals surface area contributed by atoms with Gasteiger partial charge in [0.1, 0.15) is 0 Å². The van der Waals surface area contributed by atoms with Gasteiger partial charge in [0, 0.05) is 0 Å². The van der Waals surface area contributed by atoms with Crippen LogP contribution in [0.1, 0.15) is 0 Å². The topological polar surface area (TPSA) is 384 Å². The normalized spacial score (nSPS) is 2.82. The maximum absolute atomic E-state index is 8.25. The van der Waals surface area contributed by atoms with E-state index in [0.717, 1.165) is 0 Å². The van der Waals surface area contributed by atoms with Crippen LogP contribution < -0.4 is 0 Å². The zero-order valence-corrected chi connectivity index (χ0v) is 10.3. The minimum atomic E-state index is -1.75. The Hall–Kier alpha value is -0.660.